The van der Waals surface area contributed by atoms with E-state index in [0.717, 1.165) is 0 Å². The number of nitrogens with two attached hydrogens (primary N) is 2. The number of rotatable bonds is 2. The van der Waals surface area contributed by atoms with Gasteiger partial charge in [0.05, 0.1) is 22.3 Å². The van der Waals surface area contributed by atoms with Crippen molar-refractivity contribution in [2.45, 2.75) is 6.92 Å². The number of hydrogen-bond acceptors (Lipinski definition) is 5. The molecule has 0 aliphatic carbocycles. The molecule has 1 amide bonds. The molecular formula is C16H14N4O2. The van der Waals surface area contributed by atoms with Crippen molar-refractivity contribution in [1.29, 1.82) is 0 Å². The van der Waals surface area contributed by atoms with Gasteiger partial charge in [-0.15, -0.1) is 0 Å². The molecule has 6 heteroatoms. The second-order valence-corrected chi connectivity index (χ2v) is 4.95. The number of amides is 1. The van der Waals surface area contributed by atoms with Gasteiger partial charge in [-0.05, 0) is 30.2 Å². The van der Waals surface area contributed by atoms with E-state index in [1.807, 2.05) is 0 Å². The number of fused-ring (bicyclic) bond motifs is 1. The number of hydrogen-bond donors (Lipinski definition) is 3. The summed E-state index contributed by atoms with van der Waals surface area (Å²) in [6, 6.07) is 6.62. The van der Waals surface area contributed by atoms with Crippen molar-refractivity contribution in [3.63, 3.8) is 0 Å². The van der Waals surface area contributed by atoms with Crippen molar-refractivity contribution in [3.8, 4) is 16.9 Å². The quantitative estimate of drug-likeness (QED) is 0.625. The smallest absolute Gasteiger partial charge is 0.250 e. The van der Waals surface area contributed by atoms with Gasteiger partial charge in [-0.25, -0.2) is 0 Å². The molecule has 6 nitrogen and oxygen atoms in total. The van der Waals surface area contributed by atoms with Crippen LogP contribution in [0, 0.1) is 6.92 Å². The SMILES string of the molecule is Cc1c(O)cccc1-c1c(N)c(C(N)=O)cc2nccnc12. The van der Waals surface area contributed by atoms with E-state index in [1.54, 1.807) is 31.3 Å². The summed E-state index contributed by atoms with van der Waals surface area (Å²) in [4.78, 5) is 20.2. The Morgan fingerprint density at radius 1 is 1.23 bits per heavy atom. The summed E-state index contributed by atoms with van der Waals surface area (Å²) in [5.41, 5.74) is 14.9. The Labute approximate surface area is 126 Å². The molecule has 1 aromatic heterocycles. The van der Waals surface area contributed by atoms with Crippen molar-refractivity contribution in [2.75, 3.05) is 5.73 Å². The van der Waals surface area contributed by atoms with Gasteiger partial charge in [0.1, 0.15) is 5.75 Å². The highest BCUT2D eigenvalue weighted by Gasteiger charge is 2.19. The van der Waals surface area contributed by atoms with Gasteiger partial charge < -0.3 is 16.6 Å². The topological polar surface area (TPSA) is 115 Å². The molecular weight excluding hydrogens is 280 g/mol. The van der Waals surface area contributed by atoms with Crippen LogP contribution in [0.15, 0.2) is 36.7 Å². The van der Waals surface area contributed by atoms with E-state index in [1.165, 1.54) is 12.3 Å². The monoisotopic (exact) mass is 294 g/mol. The summed E-state index contributed by atoms with van der Waals surface area (Å²) in [6.07, 6.45) is 3.08. The Morgan fingerprint density at radius 3 is 2.68 bits per heavy atom. The third kappa shape index (κ3) is 2.01. The Balaban J connectivity index is 2.49. The molecule has 0 saturated carbocycles. The molecule has 1 heterocycles. The first-order valence-corrected chi connectivity index (χ1v) is 6.62. The first-order chi connectivity index (χ1) is 10.5. The van der Waals surface area contributed by atoms with E-state index in [9.17, 15) is 9.90 Å². The Bertz CT molecular complexity index is 906. The Kier molecular flexibility index (Phi) is 3.14. The lowest BCUT2D eigenvalue weighted by molar-refractivity contribution is 0.100. The van der Waals surface area contributed by atoms with E-state index in [2.05, 4.69) is 9.97 Å². The summed E-state index contributed by atoms with van der Waals surface area (Å²) >= 11 is 0. The average Bonchev–Trinajstić information content (AvgIpc) is 2.50. The molecule has 0 atom stereocenters. The van der Waals surface area contributed by atoms with Crippen molar-refractivity contribution in [3.05, 3.63) is 47.8 Å². The number of primary amides is 1. The number of phenolic OH excluding ortho intramolecular Hbond substituents is 1. The number of nitrogen functional groups attached to an aromatic ring is 1. The molecule has 0 unspecified atom stereocenters. The van der Waals surface area contributed by atoms with E-state index in [0.29, 0.717) is 27.7 Å². The summed E-state index contributed by atoms with van der Waals surface area (Å²) in [7, 11) is 0. The van der Waals surface area contributed by atoms with Crippen LogP contribution < -0.4 is 11.5 Å². The van der Waals surface area contributed by atoms with E-state index < -0.39 is 5.91 Å². The normalized spacial score (nSPS) is 10.8. The molecule has 0 spiro atoms. The maximum absolute atomic E-state index is 11.6. The summed E-state index contributed by atoms with van der Waals surface area (Å²) in [6.45, 7) is 1.77. The van der Waals surface area contributed by atoms with Crippen molar-refractivity contribution in [2.24, 2.45) is 5.73 Å². The number of aromatic nitrogens is 2. The highest BCUT2D eigenvalue weighted by molar-refractivity contribution is 6.09. The highest BCUT2D eigenvalue weighted by atomic mass is 16.3. The Morgan fingerprint density at radius 2 is 1.95 bits per heavy atom. The first kappa shape index (κ1) is 13.8. The van der Waals surface area contributed by atoms with Crippen molar-refractivity contribution < 1.29 is 9.90 Å². The van der Waals surface area contributed by atoms with E-state index >= 15 is 0 Å². The molecule has 5 N–H and O–H groups in total. The molecule has 0 saturated heterocycles. The number of carbonyl (C=O) groups is 1. The molecule has 0 aliphatic heterocycles. The maximum atomic E-state index is 11.6. The molecule has 22 heavy (non-hydrogen) atoms. The van der Waals surface area contributed by atoms with Crippen LogP contribution in [0.3, 0.4) is 0 Å². The van der Waals surface area contributed by atoms with Crippen molar-refractivity contribution >= 4 is 22.6 Å². The molecule has 3 rings (SSSR count). The molecule has 3 aromatic rings. The largest absolute Gasteiger partial charge is 0.508 e. The highest BCUT2D eigenvalue weighted by Crippen LogP contribution is 2.38. The average molecular weight is 294 g/mol. The van der Waals surface area contributed by atoms with Gasteiger partial charge in [0.15, 0.2) is 0 Å². The lowest BCUT2D eigenvalue weighted by Gasteiger charge is -2.14. The van der Waals surface area contributed by atoms with Crippen LogP contribution in [0.4, 0.5) is 5.69 Å². The minimum atomic E-state index is -0.635. The van der Waals surface area contributed by atoms with Gasteiger partial charge in [-0.2, -0.15) is 0 Å². The standard InChI is InChI=1S/C16H14N4O2/c1-8-9(3-2-4-12(8)21)13-14(17)10(16(18)22)7-11-15(13)20-6-5-19-11/h2-7,21H,17H2,1H3,(H2,18,22). The zero-order valence-corrected chi connectivity index (χ0v) is 11.9. The number of carbonyl (C=O) groups excluding carboxylic acids is 1. The minimum Gasteiger partial charge on any atom is -0.508 e. The molecule has 0 aliphatic rings. The van der Waals surface area contributed by atoms with Crippen LogP contribution in [-0.4, -0.2) is 21.0 Å². The second kappa shape index (κ2) is 5.00. The molecule has 110 valence electrons. The fourth-order valence-electron chi connectivity index (χ4n) is 2.49. The zero-order valence-electron chi connectivity index (χ0n) is 11.9. The van der Waals surface area contributed by atoms with E-state index in [4.69, 9.17) is 11.5 Å². The summed E-state index contributed by atoms with van der Waals surface area (Å²) < 4.78 is 0. The second-order valence-electron chi connectivity index (χ2n) is 4.95. The fourth-order valence-corrected chi connectivity index (χ4v) is 2.49. The Hall–Kier alpha value is -3.15. The lowest BCUT2D eigenvalue weighted by atomic mass is 9.94. The number of anilines is 1. The van der Waals surface area contributed by atoms with Gasteiger partial charge >= 0.3 is 0 Å². The predicted octanol–water partition coefficient (Wildman–Crippen LogP) is 1.99. The number of benzene rings is 2. The van der Waals surface area contributed by atoms with Gasteiger partial charge in [-0.1, -0.05) is 12.1 Å². The third-order valence-corrected chi connectivity index (χ3v) is 3.64. The van der Waals surface area contributed by atoms with Crippen molar-refractivity contribution in [1.82, 2.24) is 9.97 Å². The molecule has 0 radical (unpaired) electrons. The molecule has 2 aromatic carbocycles. The summed E-state index contributed by atoms with van der Waals surface area (Å²) in [5.74, 6) is -0.498. The zero-order chi connectivity index (χ0) is 15.9. The summed E-state index contributed by atoms with van der Waals surface area (Å²) in [5, 5.41) is 9.93. The van der Waals surface area contributed by atoms with Gasteiger partial charge in [0.25, 0.3) is 5.91 Å². The van der Waals surface area contributed by atoms with Gasteiger partial charge in [0, 0.05) is 18.0 Å². The maximum Gasteiger partial charge on any atom is 0.250 e. The first-order valence-electron chi connectivity index (χ1n) is 6.62. The minimum absolute atomic E-state index is 0.137. The number of phenols is 1. The van der Waals surface area contributed by atoms with Crippen LogP contribution in [0.5, 0.6) is 5.75 Å². The predicted molar refractivity (Wildman–Crippen MR) is 84.3 cm³/mol. The van der Waals surface area contributed by atoms with Gasteiger partial charge in [0.2, 0.25) is 0 Å². The third-order valence-electron chi connectivity index (χ3n) is 3.64. The van der Waals surface area contributed by atoms with Crippen LogP contribution in [-0.2, 0) is 0 Å². The van der Waals surface area contributed by atoms with E-state index in [-0.39, 0.29) is 17.0 Å². The van der Waals surface area contributed by atoms with Crippen LogP contribution in [0.2, 0.25) is 0 Å². The lowest BCUT2D eigenvalue weighted by Crippen LogP contribution is -2.14. The van der Waals surface area contributed by atoms with Crippen LogP contribution >= 0.6 is 0 Å². The number of nitrogens with zero attached hydrogens (tertiary/aromatic N) is 2. The van der Waals surface area contributed by atoms with Gasteiger partial charge in [-0.3, -0.25) is 14.8 Å². The number of aromatic hydroxyl groups is 1. The molecule has 0 bridgehead atoms. The molecule has 0 fully saturated rings. The van der Waals surface area contributed by atoms with Crippen LogP contribution in [0.1, 0.15) is 15.9 Å². The fraction of sp³-hybridized carbons (Fsp3) is 0.0625. The van der Waals surface area contributed by atoms with Crippen LogP contribution in [0.25, 0.3) is 22.2 Å².